The van der Waals surface area contributed by atoms with Gasteiger partial charge >= 0.3 is 0 Å². The van der Waals surface area contributed by atoms with Gasteiger partial charge in [-0.05, 0) is 31.9 Å². The third-order valence-corrected chi connectivity index (χ3v) is 7.05. The molecule has 4 aromatic heterocycles. The van der Waals surface area contributed by atoms with Crippen LogP contribution in [-0.2, 0) is 0 Å². The van der Waals surface area contributed by atoms with Crippen molar-refractivity contribution in [2.75, 3.05) is 0 Å². The van der Waals surface area contributed by atoms with E-state index < -0.39 is 5.82 Å². The first kappa shape index (κ1) is 19.0. The molecule has 0 amide bonds. The highest BCUT2D eigenvalue weighted by molar-refractivity contribution is 7.22. The zero-order valence-corrected chi connectivity index (χ0v) is 17.3. The number of hydrogen-bond acceptors (Lipinski definition) is 5. The molecule has 0 bridgehead atoms. The molecule has 1 atom stereocenters. The van der Waals surface area contributed by atoms with Crippen molar-refractivity contribution in [3.05, 3.63) is 52.7 Å². The van der Waals surface area contributed by atoms with Gasteiger partial charge in [-0.1, -0.05) is 19.1 Å². The molecule has 0 spiro atoms. The van der Waals surface area contributed by atoms with Gasteiger partial charge in [-0.15, -0.1) is 11.3 Å². The van der Waals surface area contributed by atoms with Crippen LogP contribution in [-0.4, -0.2) is 25.6 Å². The minimum absolute atomic E-state index is 0.0586. The highest BCUT2D eigenvalue weighted by Crippen LogP contribution is 2.33. The van der Waals surface area contributed by atoms with Gasteiger partial charge < -0.3 is 4.40 Å². The maximum absolute atomic E-state index is 14.5. The molecule has 0 saturated carbocycles. The molecule has 150 valence electrons. The van der Waals surface area contributed by atoms with Crippen molar-refractivity contribution >= 4 is 33.9 Å². The van der Waals surface area contributed by atoms with Gasteiger partial charge in [-0.3, -0.25) is 9.36 Å². The molecule has 1 aliphatic heterocycles. The van der Waals surface area contributed by atoms with Crippen LogP contribution in [0.2, 0.25) is 12.6 Å². The maximum Gasteiger partial charge on any atom is 0.271 e. The predicted octanol–water partition coefficient (Wildman–Crippen LogP) is 4.50. The second-order valence-electron chi connectivity index (χ2n) is 7.96. The average Bonchev–Trinajstić information content (AvgIpc) is 3.25. The first-order chi connectivity index (χ1) is 14.5. The van der Waals surface area contributed by atoms with E-state index in [-0.39, 0.29) is 18.3 Å². The minimum atomic E-state index is -0.395. The summed E-state index contributed by atoms with van der Waals surface area (Å²) in [6, 6.07) is 3.37. The second-order valence-corrected chi connectivity index (χ2v) is 9.01. The summed E-state index contributed by atoms with van der Waals surface area (Å²) >= 11 is 1.34. The van der Waals surface area contributed by atoms with E-state index in [0.29, 0.717) is 21.4 Å². The molecule has 5 rings (SSSR count). The highest BCUT2D eigenvalue weighted by atomic mass is 32.1. The van der Waals surface area contributed by atoms with Crippen LogP contribution >= 0.6 is 11.3 Å². The number of fused-ring (bicyclic) bond motifs is 2. The third kappa shape index (κ3) is 3.21. The number of halogens is 1. The van der Waals surface area contributed by atoms with E-state index >= 15 is 0 Å². The molecule has 30 heavy (non-hydrogen) atoms. The van der Waals surface area contributed by atoms with Crippen molar-refractivity contribution in [2.45, 2.75) is 44.9 Å². The Kier molecular flexibility index (Phi) is 4.67. The summed E-state index contributed by atoms with van der Waals surface area (Å²) < 4.78 is 18.5. The molecule has 5 heterocycles. The van der Waals surface area contributed by atoms with Crippen molar-refractivity contribution in [3.8, 4) is 16.4 Å². The zero-order chi connectivity index (χ0) is 20.8. The van der Waals surface area contributed by atoms with Crippen LogP contribution in [0.5, 0.6) is 0 Å². The standard InChI is InChI=1S/C21H19BFN5OS/c1-13-9-27-10-14(7-16(23)20(27)26-13)18-8-17-19(30-18)21(29)28(12-25-17)15-3-2-5-22(11-24)6-4-15/h7-10,12,15H,2-6H2,1H3. The maximum atomic E-state index is 14.5. The van der Waals surface area contributed by atoms with E-state index in [9.17, 15) is 14.4 Å². The van der Waals surface area contributed by atoms with Crippen molar-refractivity contribution < 1.29 is 4.39 Å². The molecular weight excluding hydrogens is 400 g/mol. The first-order valence-corrected chi connectivity index (χ1v) is 10.9. The fraction of sp³-hybridized carbons (Fsp3) is 0.333. The molecule has 0 N–H and O–H groups in total. The fourth-order valence-corrected chi connectivity index (χ4v) is 5.36. The summed E-state index contributed by atoms with van der Waals surface area (Å²) in [6.07, 6.45) is 9.56. The second kappa shape index (κ2) is 7.36. The molecular formula is C21H19BFN5OS. The Morgan fingerprint density at radius 1 is 1.30 bits per heavy atom. The molecule has 0 aromatic carbocycles. The largest absolute Gasteiger partial charge is 0.304 e. The van der Waals surface area contributed by atoms with Crippen LogP contribution in [0.3, 0.4) is 0 Å². The van der Waals surface area contributed by atoms with Gasteiger partial charge in [-0.25, -0.2) is 19.6 Å². The number of hydrogen-bond donors (Lipinski definition) is 0. The summed E-state index contributed by atoms with van der Waals surface area (Å²) in [6.45, 7) is 1.90. The quantitative estimate of drug-likeness (QED) is 0.449. The van der Waals surface area contributed by atoms with Crippen LogP contribution in [0.15, 0.2) is 35.6 Å². The van der Waals surface area contributed by atoms with Crippen LogP contribution in [0.1, 0.15) is 31.0 Å². The van der Waals surface area contributed by atoms with Crippen molar-refractivity contribution in [1.29, 1.82) is 5.26 Å². The van der Waals surface area contributed by atoms with Gasteiger partial charge in [0.15, 0.2) is 11.5 Å². The Morgan fingerprint density at radius 2 is 2.17 bits per heavy atom. The Hall–Kier alpha value is -2.99. The summed E-state index contributed by atoms with van der Waals surface area (Å²) in [5.41, 5.74) is 2.30. The van der Waals surface area contributed by atoms with Gasteiger partial charge in [0.1, 0.15) is 4.70 Å². The Balaban J connectivity index is 1.55. The molecule has 0 aliphatic carbocycles. The summed E-state index contributed by atoms with van der Waals surface area (Å²) in [5, 5.41) is 9.21. The smallest absolute Gasteiger partial charge is 0.271 e. The van der Waals surface area contributed by atoms with Gasteiger partial charge in [0.05, 0.1) is 17.5 Å². The summed E-state index contributed by atoms with van der Waals surface area (Å²) in [5.74, 6) is 1.97. The van der Waals surface area contributed by atoms with E-state index in [4.69, 9.17) is 0 Å². The minimum Gasteiger partial charge on any atom is -0.304 e. The molecule has 0 radical (unpaired) electrons. The van der Waals surface area contributed by atoms with E-state index in [2.05, 4.69) is 15.9 Å². The number of nitriles is 1. The number of rotatable bonds is 2. The molecule has 1 saturated heterocycles. The zero-order valence-electron chi connectivity index (χ0n) is 16.5. The molecule has 1 unspecified atom stereocenters. The number of aromatic nitrogens is 4. The molecule has 9 heteroatoms. The lowest BCUT2D eigenvalue weighted by molar-refractivity contribution is 0.441. The van der Waals surface area contributed by atoms with E-state index in [1.165, 1.54) is 17.4 Å². The van der Waals surface area contributed by atoms with Crippen LogP contribution in [0.4, 0.5) is 4.39 Å². The van der Waals surface area contributed by atoms with Crippen molar-refractivity contribution in [3.63, 3.8) is 0 Å². The lowest BCUT2D eigenvalue weighted by atomic mass is 9.46. The van der Waals surface area contributed by atoms with Gasteiger partial charge in [0.2, 0.25) is 0 Å². The topological polar surface area (TPSA) is 76.0 Å². The predicted molar refractivity (Wildman–Crippen MR) is 117 cm³/mol. The number of nitrogens with zero attached hydrogens (tertiary/aromatic N) is 5. The first-order valence-electron chi connectivity index (χ1n) is 10.1. The number of imidazole rings is 1. The van der Waals surface area contributed by atoms with Gasteiger partial charge in [0, 0.05) is 34.8 Å². The monoisotopic (exact) mass is 419 g/mol. The van der Waals surface area contributed by atoms with E-state index in [0.717, 1.165) is 42.5 Å². The normalized spacial score (nSPS) is 17.4. The number of pyridine rings is 1. The van der Waals surface area contributed by atoms with E-state index in [1.807, 2.05) is 19.2 Å². The third-order valence-electron chi connectivity index (χ3n) is 5.89. The Morgan fingerprint density at radius 3 is 3.00 bits per heavy atom. The molecule has 1 aliphatic rings. The van der Waals surface area contributed by atoms with Crippen LogP contribution in [0.25, 0.3) is 26.3 Å². The lowest BCUT2D eigenvalue weighted by Gasteiger charge is -2.16. The van der Waals surface area contributed by atoms with Gasteiger partial charge in [0.25, 0.3) is 12.3 Å². The molecule has 4 aromatic rings. The molecule has 1 fully saturated rings. The summed E-state index contributed by atoms with van der Waals surface area (Å²) in [4.78, 5) is 22.7. The number of aryl methyl sites for hydroxylation is 1. The van der Waals surface area contributed by atoms with Crippen LogP contribution in [0, 0.1) is 24.0 Å². The van der Waals surface area contributed by atoms with Crippen molar-refractivity contribution in [1.82, 2.24) is 18.9 Å². The summed E-state index contributed by atoms with van der Waals surface area (Å²) in [7, 11) is 0. The SMILES string of the molecule is Cc1cn2cc(-c3cc4ncn(C5CCCB(C#N)CC5)c(=O)c4s3)cc(F)c2n1. The molecule has 6 nitrogen and oxygen atoms in total. The van der Waals surface area contributed by atoms with Gasteiger partial charge in [-0.2, -0.15) is 0 Å². The van der Waals surface area contributed by atoms with Crippen molar-refractivity contribution in [2.24, 2.45) is 0 Å². The van der Waals surface area contributed by atoms with Crippen LogP contribution < -0.4 is 5.56 Å². The number of thiophene rings is 1. The Bertz CT molecular complexity index is 1370. The van der Waals surface area contributed by atoms with E-state index in [1.54, 1.807) is 21.5 Å². The average molecular weight is 419 g/mol. The highest BCUT2D eigenvalue weighted by Gasteiger charge is 2.24. The fourth-order valence-electron chi connectivity index (χ4n) is 4.33. The Labute approximate surface area is 176 Å². The lowest BCUT2D eigenvalue weighted by Crippen LogP contribution is -2.24.